The van der Waals surface area contributed by atoms with Gasteiger partial charge in [-0.1, -0.05) is 65.7 Å². The molecule has 0 aliphatic rings. The molecule has 3 unspecified atom stereocenters. The number of rotatable bonds is 17. The maximum absolute atomic E-state index is 13.3. The van der Waals surface area contributed by atoms with Crippen LogP contribution in [0.15, 0.2) is 160 Å². The molecule has 0 saturated carbocycles. The van der Waals surface area contributed by atoms with Crippen LogP contribution in [0, 0.1) is 17.5 Å². The van der Waals surface area contributed by atoms with E-state index in [0.717, 1.165) is 5.56 Å². The predicted molar refractivity (Wildman–Crippen MR) is 377 cm³/mol. The largest absolute Gasteiger partial charge is 0.405 e. The van der Waals surface area contributed by atoms with Crippen LogP contribution in [0.4, 0.5) is 76.1 Å². The topological polar surface area (TPSA) is 366 Å². The molecule has 0 bridgehead atoms. The van der Waals surface area contributed by atoms with Gasteiger partial charge in [0.1, 0.15) is 37.1 Å². The van der Waals surface area contributed by atoms with Gasteiger partial charge in [-0.05, 0) is 128 Å². The van der Waals surface area contributed by atoms with Crippen molar-refractivity contribution in [3.8, 4) is 33.8 Å². The van der Waals surface area contributed by atoms with Crippen LogP contribution in [0.5, 0.6) is 0 Å². The maximum atomic E-state index is 13.3. The van der Waals surface area contributed by atoms with E-state index in [0.29, 0.717) is 39.3 Å². The third-order valence-corrected chi connectivity index (χ3v) is 16.3. The number of primary sulfonamides is 2. The molecule has 5 aromatic carbocycles. The highest BCUT2D eigenvalue weighted by atomic mass is 32.2. The van der Waals surface area contributed by atoms with Crippen molar-refractivity contribution in [1.29, 1.82) is 0 Å². The van der Waals surface area contributed by atoms with E-state index in [1.165, 1.54) is 146 Å². The first-order valence-electron chi connectivity index (χ1n) is 28.4. The second kappa shape index (κ2) is 36.4. The molecule has 0 aliphatic carbocycles. The van der Waals surface area contributed by atoms with Gasteiger partial charge in [-0.15, -0.1) is 0 Å². The van der Waals surface area contributed by atoms with Crippen LogP contribution in [0.25, 0.3) is 67.3 Å². The van der Waals surface area contributed by atoms with Crippen molar-refractivity contribution in [3.05, 3.63) is 168 Å². The quantitative estimate of drug-likeness (QED) is 0.0253. The molecule has 3 atom stereocenters. The number of halogens is 12. The van der Waals surface area contributed by atoms with Crippen LogP contribution in [-0.2, 0) is 30.8 Å². The summed E-state index contributed by atoms with van der Waals surface area (Å²) in [5.74, 6) is -1.80. The fraction of sp³-hybridized carbons (Fsp3) is 0.250. The first-order chi connectivity index (χ1) is 46.9. The third-order valence-electron chi connectivity index (χ3n) is 13.2. The van der Waals surface area contributed by atoms with E-state index in [-0.39, 0.29) is 113 Å². The lowest BCUT2D eigenvalue weighted by Crippen LogP contribution is -2.22. The number of nitrogens with one attached hydrogen (secondary N) is 4. The summed E-state index contributed by atoms with van der Waals surface area (Å²) in [4.78, 5) is 49.8. The van der Waals surface area contributed by atoms with E-state index < -0.39 is 92.5 Å². The molecule has 0 amide bonds. The first-order valence-corrected chi connectivity index (χ1v) is 34.2. The molecule has 6 heterocycles. The Morgan fingerprint density at radius 2 is 0.788 bits per heavy atom. The predicted octanol–water partition coefficient (Wildman–Crippen LogP) is 13.8. The van der Waals surface area contributed by atoms with Gasteiger partial charge < -0.3 is 27.0 Å². The van der Waals surface area contributed by atoms with Crippen LogP contribution in [0.2, 0.25) is 0 Å². The van der Waals surface area contributed by atoms with Gasteiger partial charge in [0.15, 0.2) is 56.1 Å². The lowest BCUT2D eigenvalue weighted by Gasteiger charge is -2.17. The molecule has 104 heavy (non-hydrogen) atoms. The van der Waals surface area contributed by atoms with E-state index in [9.17, 15) is 73.7 Å². The van der Waals surface area contributed by atoms with Gasteiger partial charge in [0.25, 0.3) is 0 Å². The zero-order valence-corrected chi connectivity index (χ0v) is 55.1. The van der Waals surface area contributed by atoms with Crippen molar-refractivity contribution in [2.75, 3.05) is 53.4 Å². The average molecular weight is 1540 g/mol. The minimum Gasteiger partial charge on any atom is -0.359 e. The highest BCUT2D eigenvalue weighted by Crippen LogP contribution is 2.31. The number of alkyl halides is 9. The van der Waals surface area contributed by atoms with Crippen molar-refractivity contribution in [3.63, 3.8) is 0 Å². The number of sulfonamides is 2. The summed E-state index contributed by atoms with van der Waals surface area (Å²) < 4.78 is 210. The highest BCUT2D eigenvalue weighted by molar-refractivity contribution is 7.98. The van der Waals surface area contributed by atoms with E-state index in [1.807, 2.05) is 6.92 Å². The van der Waals surface area contributed by atoms with Crippen LogP contribution >= 0.6 is 11.8 Å². The molecule has 0 spiro atoms. The number of hydrogen-bond acceptors (Lipinski definition) is 23. The van der Waals surface area contributed by atoms with Crippen LogP contribution in [-0.4, -0.2) is 132 Å². The Morgan fingerprint density at radius 3 is 1.12 bits per heavy atom. The Morgan fingerprint density at radius 1 is 0.462 bits per heavy atom. The van der Waals surface area contributed by atoms with Gasteiger partial charge in [-0.3, -0.25) is 4.21 Å². The van der Waals surface area contributed by atoms with E-state index >= 15 is 0 Å². The lowest BCUT2D eigenvalue weighted by atomic mass is 10.1. The molecule has 558 valence electrons. The van der Waals surface area contributed by atoms with Crippen molar-refractivity contribution in [2.45, 2.75) is 94.3 Å². The van der Waals surface area contributed by atoms with Crippen molar-refractivity contribution >= 4 is 99.5 Å². The van der Waals surface area contributed by atoms with Gasteiger partial charge in [0, 0.05) is 29.0 Å². The summed E-state index contributed by atoms with van der Waals surface area (Å²) in [5, 5.41) is 19.7. The number of nitrogens with two attached hydrogens (primary N) is 3. The number of nitrogens with zero attached hydrogens (tertiary/aromatic N) is 12. The van der Waals surface area contributed by atoms with E-state index in [1.54, 1.807) is 25.3 Å². The monoisotopic (exact) mass is 1540 g/mol. The average Bonchev–Trinajstić information content (AvgIpc) is 0.798. The Balaban J connectivity index is 0.000000303. The molecule has 0 fully saturated rings. The number of thioether (sulfide) groups is 1. The third kappa shape index (κ3) is 24.9. The Hall–Kier alpha value is -10.0. The number of hydrogen-bond donors (Lipinski definition) is 7. The second-order valence-electron chi connectivity index (χ2n) is 20.9. The van der Waals surface area contributed by atoms with Gasteiger partial charge >= 0.3 is 18.5 Å². The summed E-state index contributed by atoms with van der Waals surface area (Å²) in [6, 6.07) is 27.7. The van der Waals surface area contributed by atoms with Crippen LogP contribution in [0.1, 0.15) is 66.8 Å². The fourth-order valence-electron chi connectivity index (χ4n) is 8.35. The van der Waals surface area contributed by atoms with Gasteiger partial charge in [0.05, 0.1) is 62.3 Å². The molecule has 0 aliphatic heterocycles. The Kier molecular flexibility index (Phi) is 30.3. The van der Waals surface area contributed by atoms with Gasteiger partial charge in [0.2, 0.25) is 31.2 Å². The molecule has 0 saturated heterocycles. The van der Waals surface area contributed by atoms with E-state index in [4.69, 9.17) is 16.0 Å². The SMILES string of the molecule is C.C.C.C.CC(N)c1ccc(S(N)(=O)=O)cc1.CC(Nc1nc(NCC(F)(F)F)c2nc(-c3ccc(F)cc3)cnc2n1)c1ccc(S(N)(=O)=O)cc1.CS(=O)c1nc(NCC(F)(F)F)c2nc(-c3ccc(F)cc3)cnc2n1.CSc1nc(NCC(F)(F)F)c2nc(-c3ccc(F)cc3)cnc2n1. The summed E-state index contributed by atoms with van der Waals surface area (Å²) in [7, 11) is -9.06. The molecule has 24 nitrogen and oxygen atoms in total. The van der Waals surface area contributed by atoms with Crippen LogP contribution < -0.4 is 37.3 Å². The van der Waals surface area contributed by atoms with Crippen molar-refractivity contribution < 1.29 is 73.7 Å². The molecular formula is C64H69F12N19O5S4. The lowest BCUT2D eigenvalue weighted by molar-refractivity contribution is -0.116. The van der Waals surface area contributed by atoms with Gasteiger partial charge in [-0.2, -0.15) is 54.5 Å². The summed E-state index contributed by atoms with van der Waals surface area (Å²) in [6.45, 7) is -0.421. The Labute approximate surface area is 596 Å². The fourth-order valence-corrected chi connectivity index (χ4v) is 10.2. The van der Waals surface area contributed by atoms with Crippen molar-refractivity contribution in [2.24, 2.45) is 16.0 Å². The zero-order chi connectivity index (χ0) is 73.1. The first kappa shape index (κ1) is 86.4. The number of benzene rings is 5. The summed E-state index contributed by atoms with van der Waals surface area (Å²) in [6.07, 6.45) is -6.26. The van der Waals surface area contributed by atoms with Gasteiger partial charge in [-0.25, -0.2) is 85.1 Å². The number of fused-ring (bicyclic) bond motifs is 3. The molecule has 6 aromatic heterocycles. The second-order valence-corrected chi connectivity index (χ2v) is 26.0. The molecule has 11 rings (SSSR count). The van der Waals surface area contributed by atoms with Crippen molar-refractivity contribution in [1.82, 2.24) is 59.8 Å². The number of aromatic nitrogens is 12. The van der Waals surface area contributed by atoms with Crippen LogP contribution in [0.3, 0.4) is 0 Å². The molecule has 0 radical (unpaired) electrons. The minimum absolute atomic E-state index is 0. The minimum atomic E-state index is -4.52. The normalized spacial score (nSPS) is 12.3. The maximum Gasteiger partial charge on any atom is 0.405 e. The molecule has 11 aromatic rings. The molecule has 10 N–H and O–H groups in total. The zero-order valence-electron chi connectivity index (χ0n) is 51.9. The smallest absolute Gasteiger partial charge is 0.359 e. The Bertz CT molecular complexity index is 4950. The summed E-state index contributed by atoms with van der Waals surface area (Å²) >= 11 is 1.18. The number of anilines is 4. The highest BCUT2D eigenvalue weighted by Gasteiger charge is 2.30. The molecular weight excluding hydrogens is 1470 g/mol. The molecule has 40 heteroatoms. The summed E-state index contributed by atoms with van der Waals surface area (Å²) in [5.41, 5.74) is 10.0. The van der Waals surface area contributed by atoms with E-state index in [2.05, 4.69) is 81.1 Å². The standard InChI is InChI=1S/C22H19F4N7O2S.C15H11F4N5OS.C15H11F4N5S.C8H12N2O2S.4CH4/c1-12(13-4-8-16(9-5-13)36(27,34)35)30-21-32-19-18(20(33-21)29-11-22(24,25)26)31-17(10-28-19)14-2-6-15(23)7-3-14;1-26(25)14-23-12-11(13(24-14)21-7-15(17,18)19)22-10(6-20-12)8-2-4-9(16)5-3-8;1-25-14-23-12-11(13(24-14)21-7-15(17,18)19)22-10(6-20-12)8-2-4-9(16)5-3-8;1-6(9)7-2-4-8(5-3-7)13(10,11)12;;;;/h2-10,12H,11H2,1H3,(H2,27,34,35)(H2,28,29,30,32,33);2-6H,7H2,1H3,(H,20,21,23,24);2-6H,7H2,1H3,(H,20,21,23,24);2-6H,9H2,1H3,(H2,10,11,12);4*1H4.